The van der Waals surface area contributed by atoms with Gasteiger partial charge in [0.25, 0.3) is 0 Å². The van der Waals surface area contributed by atoms with E-state index in [2.05, 4.69) is 33.1 Å². The summed E-state index contributed by atoms with van der Waals surface area (Å²) in [7, 11) is 3.85. The molecule has 3 nitrogen and oxygen atoms in total. The van der Waals surface area contributed by atoms with E-state index in [1.54, 1.807) is 0 Å². The maximum atomic E-state index is 5.86. The second-order valence-electron chi connectivity index (χ2n) is 4.81. The second kappa shape index (κ2) is 4.98. The molecule has 1 saturated carbocycles. The van der Waals surface area contributed by atoms with Crippen LogP contribution in [0.5, 0.6) is 0 Å². The molecule has 1 aromatic rings. The van der Waals surface area contributed by atoms with E-state index in [4.69, 9.17) is 5.73 Å². The lowest BCUT2D eigenvalue weighted by Crippen LogP contribution is -2.39. The molecule has 0 unspecified atom stereocenters. The molecule has 0 bridgehead atoms. The quantitative estimate of drug-likeness (QED) is 0.688. The molecule has 1 aliphatic carbocycles. The first-order valence-electron chi connectivity index (χ1n) is 5.77. The van der Waals surface area contributed by atoms with Crippen LogP contribution in [0.2, 0.25) is 0 Å². The highest BCUT2D eigenvalue weighted by molar-refractivity contribution is 9.11. The zero-order chi connectivity index (χ0) is 12.5. The molecule has 0 aromatic carbocycles. The molecule has 2 rings (SSSR count). The standard InChI is InChI=1S/C12H18BrN3S/c1-16(2)11(14)15-8-12(6-3-7-12)9-4-5-10(13)17-9/h4-5H,3,6-8H2,1-2H3,(H2,14,15). The van der Waals surface area contributed by atoms with Crippen molar-refractivity contribution in [2.24, 2.45) is 10.7 Å². The lowest BCUT2D eigenvalue weighted by molar-refractivity contribution is 0.258. The van der Waals surface area contributed by atoms with Crippen molar-refractivity contribution in [3.05, 3.63) is 20.8 Å². The van der Waals surface area contributed by atoms with Crippen LogP contribution in [0.3, 0.4) is 0 Å². The predicted octanol–water partition coefficient (Wildman–Crippen LogP) is 2.81. The third-order valence-electron chi connectivity index (χ3n) is 3.41. The van der Waals surface area contributed by atoms with Gasteiger partial charge in [-0.2, -0.15) is 0 Å². The zero-order valence-electron chi connectivity index (χ0n) is 10.2. The number of thiophene rings is 1. The second-order valence-corrected chi connectivity index (χ2v) is 7.27. The molecular weight excluding hydrogens is 298 g/mol. The predicted molar refractivity (Wildman–Crippen MR) is 77.7 cm³/mol. The summed E-state index contributed by atoms with van der Waals surface area (Å²) in [5, 5.41) is 0. The van der Waals surface area contributed by atoms with Gasteiger partial charge >= 0.3 is 0 Å². The van der Waals surface area contributed by atoms with E-state index in [-0.39, 0.29) is 5.41 Å². The first-order chi connectivity index (χ1) is 8.03. The minimum absolute atomic E-state index is 0.247. The summed E-state index contributed by atoms with van der Waals surface area (Å²) < 4.78 is 1.20. The van der Waals surface area contributed by atoms with Crippen molar-refractivity contribution in [3.8, 4) is 0 Å². The first-order valence-corrected chi connectivity index (χ1v) is 7.37. The smallest absolute Gasteiger partial charge is 0.190 e. The molecule has 0 radical (unpaired) electrons. The van der Waals surface area contributed by atoms with Crippen LogP contribution in [0.1, 0.15) is 24.1 Å². The number of hydrogen-bond donors (Lipinski definition) is 1. The SMILES string of the molecule is CN(C)C(N)=NCC1(c2ccc(Br)s2)CCC1. The van der Waals surface area contributed by atoms with Gasteiger partial charge in [-0.15, -0.1) is 11.3 Å². The fourth-order valence-corrected chi connectivity index (χ4v) is 3.68. The van der Waals surface area contributed by atoms with Gasteiger partial charge in [0.1, 0.15) is 0 Å². The molecule has 1 aromatic heterocycles. The normalized spacial score (nSPS) is 18.9. The Labute approximate surface area is 115 Å². The highest BCUT2D eigenvalue weighted by Crippen LogP contribution is 2.47. The first kappa shape index (κ1) is 12.9. The molecule has 17 heavy (non-hydrogen) atoms. The van der Waals surface area contributed by atoms with Crippen LogP contribution in [-0.2, 0) is 5.41 Å². The van der Waals surface area contributed by atoms with Crippen molar-refractivity contribution in [2.75, 3.05) is 20.6 Å². The highest BCUT2D eigenvalue weighted by Gasteiger charge is 2.39. The third kappa shape index (κ3) is 2.65. The topological polar surface area (TPSA) is 41.6 Å². The van der Waals surface area contributed by atoms with E-state index in [1.807, 2.05) is 30.3 Å². The van der Waals surface area contributed by atoms with Gasteiger partial charge in [-0.25, -0.2) is 0 Å². The van der Waals surface area contributed by atoms with Crippen molar-refractivity contribution in [1.29, 1.82) is 0 Å². The number of hydrogen-bond acceptors (Lipinski definition) is 2. The van der Waals surface area contributed by atoms with Gasteiger partial charge < -0.3 is 10.6 Å². The summed E-state index contributed by atoms with van der Waals surface area (Å²) in [5.74, 6) is 0.617. The minimum Gasteiger partial charge on any atom is -0.370 e. The number of rotatable bonds is 3. The van der Waals surface area contributed by atoms with Crippen molar-refractivity contribution in [3.63, 3.8) is 0 Å². The Morgan fingerprint density at radius 2 is 2.24 bits per heavy atom. The molecule has 94 valence electrons. The van der Waals surface area contributed by atoms with Crippen LogP contribution in [-0.4, -0.2) is 31.5 Å². The Morgan fingerprint density at radius 3 is 2.65 bits per heavy atom. The van der Waals surface area contributed by atoms with Crippen molar-refractivity contribution in [1.82, 2.24) is 4.90 Å². The Morgan fingerprint density at radius 1 is 1.53 bits per heavy atom. The van der Waals surface area contributed by atoms with Crippen LogP contribution in [0.15, 0.2) is 20.9 Å². The van der Waals surface area contributed by atoms with Gasteiger partial charge in [-0.05, 0) is 40.9 Å². The molecule has 1 fully saturated rings. The fraction of sp³-hybridized carbons (Fsp3) is 0.583. The monoisotopic (exact) mass is 315 g/mol. The van der Waals surface area contributed by atoms with E-state index in [0.717, 1.165) is 6.54 Å². The lowest BCUT2D eigenvalue weighted by atomic mass is 9.68. The van der Waals surface area contributed by atoms with Gasteiger partial charge in [-0.1, -0.05) is 6.42 Å². The molecule has 0 amide bonds. The Hall–Kier alpha value is -0.550. The molecule has 2 N–H and O–H groups in total. The van der Waals surface area contributed by atoms with E-state index in [9.17, 15) is 0 Å². The molecule has 0 aliphatic heterocycles. The number of halogens is 1. The average molecular weight is 316 g/mol. The zero-order valence-corrected chi connectivity index (χ0v) is 12.6. The summed E-state index contributed by atoms with van der Waals surface area (Å²) in [6, 6.07) is 4.34. The van der Waals surface area contributed by atoms with Gasteiger partial charge in [-0.3, -0.25) is 4.99 Å². The summed E-state index contributed by atoms with van der Waals surface area (Å²) in [6.45, 7) is 0.809. The Balaban J connectivity index is 2.13. The third-order valence-corrected chi connectivity index (χ3v) is 5.28. The van der Waals surface area contributed by atoms with Crippen LogP contribution < -0.4 is 5.73 Å². The van der Waals surface area contributed by atoms with Crippen LogP contribution in [0, 0.1) is 0 Å². The molecule has 0 spiro atoms. The number of guanidine groups is 1. The molecule has 0 saturated heterocycles. The van der Waals surface area contributed by atoms with Gasteiger partial charge in [0.2, 0.25) is 0 Å². The van der Waals surface area contributed by atoms with E-state index in [1.165, 1.54) is 27.9 Å². The number of nitrogens with two attached hydrogens (primary N) is 1. The Kier molecular flexibility index (Phi) is 3.78. The van der Waals surface area contributed by atoms with Crippen molar-refractivity contribution in [2.45, 2.75) is 24.7 Å². The van der Waals surface area contributed by atoms with Gasteiger partial charge in [0.15, 0.2) is 5.96 Å². The molecule has 1 aliphatic rings. The Bertz CT molecular complexity index is 421. The summed E-state index contributed by atoms with van der Waals surface area (Å²) in [4.78, 5) is 7.81. The average Bonchev–Trinajstić information content (AvgIpc) is 2.63. The fourth-order valence-electron chi connectivity index (χ4n) is 2.06. The van der Waals surface area contributed by atoms with Gasteiger partial charge in [0.05, 0.1) is 10.3 Å². The lowest BCUT2D eigenvalue weighted by Gasteiger charge is -2.40. The summed E-state index contributed by atoms with van der Waals surface area (Å²) in [6.07, 6.45) is 3.75. The molecular formula is C12H18BrN3S. The number of aliphatic imine (C=N–C) groups is 1. The maximum absolute atomic E-state index is 5.86. The molecule has 5 heteroatoms. The molecule has 1 heterocycles. The van der Waals surface area contributed by atoms with E-state index in [0.29, 0.717) is 5.96 Å². The van der Waals surface area contributed by atoms with E-state index >= 15 is 0 Å². The van der Waals surface area contributed by atoms with Crippen LogP contribution >= 0.6 is 27.3 Å². The summed E-state index contributed by atoms with van der Waals surface area (Å²) in [5.41, 5.74) is 6.10. The van der Waals surface area contributed by atoms with Crippen molar-refractivity contribution >= 4 is 33.2 Å². The van der Waals surface area contributed by atoms with Crippen LogP contribution in [0.4, 0.5) is 0 Å². The number of nitrogens with zero attached hydrogens (tertiary/aromatic N) is 2. The maximum Gasteiger partial charge on any atom is 0.190 e. The molecule has 0 atom stereocenters. The van der Waals surface area contributed by atoms with E-state index < -0.39 is 0 Å². The van der Waals surface area contributed by atoms with Gasteiger partial charge in [0, 0.05) is 24.4 Å². The minimum atomic E-state index is 0.247. The summed E-state index contributed by atoms with van der Waals surface area (Å²) >= 11 is 5.35. The highest BCUT2D eigenvalue weighted by atomic mass is 79.9. The largest absolute Gasteiger partial charge is 0.370 e. The van der Waals surface area contributed by atoms with Crippen molar-refractivity contribution < 1.29 is 0 Å². The van der Waals surface area contributed by atoms with Crippen LogP contribution in [0.25, 0.3) is 0 Å².